The first-order chi connectivity index (χ1) is 8.81. The maximum atomic E-state index is 11.3. The highest BCUT2D eigenvalue weighted by Gasteiger charge is 2.16. The number of hydrogen-bond acceptors (Lipinski definition) is 3. The molecule has 0 aromatic heterocycles. The summed E-state index contributed by atoms with van der Waals surface area (Å²) in [5.41, 5.74) is 3.38. The predicted octanol–water partition coefficient (Wildman–Crippen LogP) is 1.74. The van der Waals surface area contributed by atoms with Gasteiger partial charge in [0.05, 0.1) is 0 Å². The molecule has 0 bridgehead atoms. The van der Waals surface area contributed by atoms with Gasteiger partial charge in [-0.15, -0.1) is 0 Å². The van der Waals surface area contributed by atoms with Crippen molar-refractivity contribution in [3.8, 4) is 0 Å². The van der Waals surface area contributed by atoms with E-state index in [2.05, 4.69) is 28.1 Å². The molecule has 3 rings (SSSR count). The molecule has 0 aliphatic carbocycles. The minimum absolute atomic E-state index is 0.125. The number of carbonyl (C=O) groups excluding carboxylic acids is 1. The van der Waals surface area contributed by atoms with E-state index in [0.29, 0.717) is 12.5 Å². The first kappa shape index (κ1) is 11.5. The van der Waals surface area contributed by atoms with Gasteiger partial charge in [-0.3, -0.25) is 4.79 Å². The number of amides is 1. The summed E-state index contributed by atoms with van der Waals surface area (Å²) >= 11 is 0. The van der Waals surface area contributed by atoms with Gasteiger partial charge in [0.1, 0.15) is 0 Å². The van der Waals surface area contributed by atoms with E-state index in [1.165, 1.54) is 24.1 Å². The highest BCUT2D eigenvalue weighted by molar-refractivity contribution is 5.94. The highest BCUT2D eigenvalue weighted by atomic mass is 16.1. The SMILES string of the molecule is O=C1CCc2cc(NC3CCCNC3)ccc2N1. The fourth-order valence-corrected chi connectivity index (χ4v) is 2.68. The van der Waals surface area contributed by atoms with E-state index in [1.54, 1.807) is 0 Å². The number of piperidine rings is 1. The smallest absolute Gasteiger partial charge is 0.224 e. The maximum absolute atomic E-state index is 11.3. The molecule has 4 nitrogen and oxygen atoms in total. The molecule has 1 unspecified atom stereocenters. The number of fused-ring (bicyclic) bond motifs is 1. The van der Waals surface area contributed by atoms with Gasteiger partial charge >= 0.3 is 0 Å². The lowest BCUT2D eigenvalue weighted by molar-refractivity contribution is -0.116. The average molecular weight is 245 g/mol. The van der Waals surface area contributed by atoms with E-state index < -0.39 is 0 Å². The van der Waals surface area contributed by atoms with Crippen LogP contribution >= 0.6 is 0 Å². The lowest BCUT2D eigenvalue weighted by atomic mass is 10.0. The third-order valence-corrected chi connectivity index (χ3v) is 3.67. The third-order valence-electron chi connectivity index (χ3n) is 3.67. The van der Waals surface area contributed by atoms with Crippen molar-refractivity contribution in [3.05, 3.63) is 23.8 Å². The Morgan fingerprint density at radius 3 is 3.06 bits per heavy atom. The Bertz CT molecular complexity index is 452. The first-order valence-electron chi connectivity index (χ1n) is 6.71. The molecule has 1 amide bonds. The largest absolute Gasteiger partial charge is 0.381 e. The van der Waals surface area contributed by atoms with Crippen LogP contribution in [0.4, 0.5) is 11.4 Å². The molecule has 4 heteroatoms. The quantitative estimate of drug-likeness (QED) is 0.744. The van der Waals surface area contributed by atoms with E-state index in [9.17, 15) is 4.79 Å². The van der Waals surface area contributed by atoms with E-state index in [-0.39, 0.29) is 5.91 Å². The molecule has 96 valence electrons. The Labute approximate surface area is 107 Å². The highest BCUT2D eigenvalue weighted by Crippen LogP contribution is 2.26. The minimum atomic E-state index is 0.125. The fourth-order valence-electron chi connectivity index (χ4n) is 2.68. The number of rotatable bonds is 2. The van der Waals surface area contributed by atoms with Crippen LogP contribution in [0.25, 0.3) is 0 Å². The van der Waals surface area contributed by atoms with Crippen molar-refractivity contribution in [3.63, 3.8) is 0 Å². The molecule has 0 radical (unpaired) electrons. The molecule has 2 aliphatic rings. The van der Waals surface area contributed by atoms with Crippen molar-refractivity contribution in [1.29, 1.82) is 0 Å². The summed E-state index contributed by atoms with van der Waals surface area (Å²) in [6, 6.07) is 6.75. The number of nitrogens with one attached hydrogen (secondary N) is 3. The van der Waals surface area contributed by atoms with Crippen LogP contribution in [0.3, 0.4) is 0 Å². The van der Waals surface area contributed by atoms with Crippen LogP contribution in [0.1, 0.15) is 24.8 Å². The van der Waals surface area contributed by atoms with Crippen LogP contribution in [0.5, 0.6) is 0 Å². The van der Waals surface area contributed by atoms with E-state index >= 15 is 0 Å². The molecule has 1 aromatic carbocycles. The first-order valence-corrected chi connectivity index (χ1v) is 6.71. The molecule has 1 saturated heterocycles. The normalized spacial score (nSPS) is 23.1. The summed E-state index contributed by atoms with van der Waals surface area (Å²) in [5, 5.41) is 9.88. The third kappa shape index (κ3) is 2.48. The maximum Gasteiger partial charge on any atom is 0.224 e. The Morgan fingerprint density at radius 2 is 2.22 bits per heavy atom. The average Bonchev–Trinajstić information content (AvgIpc) is 2.40. The van der Waals surface area contributed by atoms with Gasteiger partial charge in [-0.05, 0) is 49.6 Å². The Balaban J connectivity index is 1.71. The Kier molecular flexibility index (Phi) is 3.19. The van der Waals surface area contributed by atoms with Crippen LogP contribution in [-0.4, -0.2) is 25.0 Å². The second kappa shape index (κ2) is 4.98. The molecule has 2 heterocycles. The van der Waals surface area contributed by atoms with Gasteiger partial charge in [-0.25, -0.2) is 0 Å². The van der Waals surface area contributed by atoms with Crippen LogP contribution in [0, 0.1) is 0 Å². The summed E-state index contributed by atoms with van der Waals surface area (Å²) in [6.45, 7) is 2.17. The summed E-state index contributed by atoms with van der Waals surface area (Å²) in [7, 11) is 0. The standard InChI is InChI=1S/C14H19N3O/c18-14-6-3-10-8-11(4-5-13(10)17-14)16-12-2-1-7-15-9-12/h4-5,8,12,15-16H,1-3,6-7,9H2,(H,17,18). The van der Waals surface area contributed by atoms with Crippen molar-refractivity contribution in [2.75, 3.05) is 23.7 Å². The van der Waals surface area contributed by atoms with Crippen molar-refractivity contribution in [1.82, 2.24) is 5.32 Å². The van der Waals surface area contributed by atoms with Gasteiger partial charge in [-0.2, -0.15) is 0 Å². The molecule has 1 atom stereocenters. The van der Waals surface area contributed by atoms with Crippen molar-refractivity contribution in [2.24, 2.45) is 0 Å². The van der Waals surface area contributed by atoms with E-state index in [0.717, 1.165) is 25.2 Å². The molecule has 3 N–H and O–H groups in total. The van der Waals surface area contributed by atoms with Gasteiger partial charge in [0, 0.05) is 30.4 Å². The van der Waals surface area contributed by atoms with Gasteiger partial charge in [0.15, 0.2) is 0 Å². The van der Waals surface area contributed by atoms with Gasteiger partial charge in [0.2, 0.25) is 5.91 Å². The lowest BCUT2D eigenvalue weighted by Gasteiger charge is -2.26. The van der Waals surface area contributed by atoms with Gasteiger partial charge in [0.25, 0.3) is 0 Å². The summed E-state index contributed by atoms with van der Waals surface area (Å²) in [4.78, 5) is 11.3. The summed E-state index contributed by atoms with van der Waals surface area (Å²) < 4.78 is 0. The van der Waals surface area contributed by atoms with Crippen LogP contribution in [0.2, 0.25) is 0 Å². The van der Waals surface area contributed by atoms with Gasteiger partial charge in [-0.1, -0.05) is 0 Å². The van der Waals surface area contributed by atoms with Crippen LogP contribution in [0.15, 0.2) is 18.2 Å². The molecule has 0 saturated carbocycles. The number of aryl methyl sites for hydroxylation is 1. The minimum Gasteiger partial charge on any atom is -0.381 e. The van der Waals surface area contributed by atoms with Crippen molar-refractivity contribution >= 4 is 17.3 Å². The fraction of sp³-hybridized carbons (Fsp3) is 0.500. The Morgan fingerprint density at radius 1 is 1.28 bits per heavy atom. The number of benzene rings is 1. The summed E-state index contributed by atoms with van der Waals surface area (Å²) in [5.74, 6) is 0.125. The molecule has 1 fully saturated rings. The predicted molar refractivity (Wildman–Crippen MR) is 72.9 cm³/mol. The number of carbonyl (C=O) groups is 1. The second-order valence-corrected chi connectivity index (χ2v) is 5.11. The van der Waals surface area contributed by atoms with E-state index in [1.807, 2.05) is 6.07 Å². The zero-order chi connectivity index (χ0) is 12.4. The molecular weight excluding hydrogens is 226 g/mol. The van der Waals surface area contributed by atoms with Crippen molar-refractivity contribution in [2.45, 2.75) is 31.7 Å². The monoisotopic (exact) mass is 245 g/mol. The zero-order valence-electron chi connectivity index (χ0n) is 10.5. The summed E-state index contributed by atoms with van der Waals surface area (Å²) in [6.07, 6.45) is 3.90. The van der Waals surface area contributed by atoms with Gasteiger partial charge < -0.3 is 16.0 Å². The Hall–Kier alpha value is -1.55. The molecule has 2 aliphatic heterocycles. The molecule has 0 spiro atoms. The second-order valence-electron chi connectivity index (χ2n) is 5.11. The zero-order valence-corrected chi connectivity index (χ0v) is 10.5. The van der Waals surface area contributed by atoms with Crippen LogP contribution in [-0.2, 0) is 11.2 Å². The lowest BCUT2D eigenvalue weighted by Crippen LogP contribution is -2.38. The number of anilines is 2. The topological polar surface area (TPSA) is 53.2 Å². The number of hydrogen-bond donors (Lipinski definition) is 3. The van der Waals surface area contributed by atoms with Crippen molar-refractivity contribution < 1.29 is 4.79 Å². The van der Waals surface area contributed by atoms with E-state index in [4.69, 9.17) is 0 Å². The molecule has 1 aromatic rings. The molecule has 18 heavy (non-hydrogen) atoms. The molecular formula is C14H19N3O. The van der Waals surface area contributed by atoms with Crippen LogP contribution < -0.4 is 16.0 Å².